The van der Waals surface area contributed by atoms with Gasteiger partial charge in [0.2, 0.25) is 5.88 Å². The molecular weight excluding hydrogens is 554 g/mol. The molecule has 0 saturated heterocycles. The van der Waals surface area contributed by atoms with Gasteiger partial charge in [-0.25, -0.2) is 4.79 Å². The molecule has 3 rings (SSSR count). The summed E-state index contributed by atoms with van der Waals surface area (Å²) in [5.41, 5.74) is 2.63. The summed E-state index contributed by atoms with van der Waals surface area (Å²) in [6, 6.07) is 5.25. The van der Waals surface area contributed by atoms with Crippen molar-refractivity contribution in [2.75, 3.05) is 30.9 Å². The second kappa shape index (κ2) is 13.3. The van der Waals surface area contributed by atoms with Crippen molar-refractivity contribution in [1.82, 2.24) is 15.3 Å². The molecule has 0 saturated carbocycles. The van der Waals surface area contributed by atoms with Gasteiger partial charge in [0, 0.05) is 24.6 Å². The number of pyridine rings is 2. The Morgan fingerprint density at radius 1 is 1.10 bits per heavy atom. The van der Waals surface area contributed by atoms with E-state index in [9.17, 15) is 9.59 Å². The topological polar surface area (TPSA) is 133 Å². The first kappa shape index (κ1) is 33.1. The van der Waals surface area contributed by atoms with Crippen molar-refractivity contribution in [3.63, 3.8) is 0 Å². The minimum atomic E-state index is -2.17. The monoisotopic (exact) mass is 601 g/mol. The van der Waals surface area contributed by atoms with Crippen LogP contribution in [0.25, 0.3) is 0 Å². The lowest BCUT2D eigenvalue weighted by atomic mass is 9.89. The summed E-state index contributed by atoms with van der Waals surface area (Å²) in [4.78, 5) is 34.0. The van der Waals surface area contributed by atoms with Gasteiger partial charge in [-0.15, -0.1) is 0 Å². The summed E-state index contributed by atoms with van der Waals surface area (Å²) in [6.07, 6.45) is 2.10. The fraction of sp³-hybridized carbons (Fsp3) is 0.600. The number of hydrogen-bond acceptors (Lipinski definition) is 10. The van der Waals surface area contributed by atoms with Crippen LogP contribution in [-0.4, -0.2) is 68.4 Å². The summed E-state index contributed by atoms with van der Waals surface area (Å²) in [6.45, 7) is 18.6. The van der Waals surface area contributed by atoms with E-state index in [0.29, 0.717) is 36.8 Å². The predicted octanol–water partition coefficient (Wildman–Crippen LogP) is 5.59. The van der Waals surface area contributed by atoms with Crippen LogP contribution < -0.4 is 20.7 Å². The Morgan fingerprint density at radius 3 is 2.43 bits per heavy atom. The summed E-state index contributed by atoms with van der Waals surface area (Å²) < 4.78 is 22.8. The van der Waals surface area contributed by atoms with Crippen LogP contribution in [-0.2, 0) is 31.5 Å². The van der Waals surface area contributed by atoms with Crippen LogP contribution in [0.4, 0.5) is 22.0 Å². The Kier molecular flexibility index (Phi) is 10.5. The number of nitrogens with one attached hydrogen (secondary N) is 3. The molecule has 232 valence electrons. The molecule has 12 heteroatoms. The minimum absolute atomic E-state index is 0.00251. The molecule has 2 heterocycles. The maximum Gasteiger partial charge on any atom is 0.407 e. The van der Waals surface area contributed by atoms with Gasteiger partial charge in [0.05, 0.1) is 43.4 Å². The molecule has 0 radical (unpaired) electrons. The average molecular weight is 602 g/mol. The number of esters is 1. The van der Waals surface area contributed by atoms with E-state index in [0.717, 1.165) is 16.9 Å². The molecule has 0 spiro atoms. The molecule has 0 fully saturated rings. The number of anilines is 3. The lowest BCUT2D eigenvalue weighted by Crippen LogP contribution is -2.55. The lowest BCUT2D eigenvalue weighted by molar-refractivity contribution is -0.140. The molecule has 0 aliphatic heterocycles. The number of ether oxygens (including phenoxy) is 3. The first-order chi connectivity index (χ1) is 19.5. The standard InChI is InChI=1S/C30H47N5O6Si/c1-11-39-26(36)18-32-21-12-13-25(38-8)35-27(21)33-20-14-19-15-24(41-42(9,10)30(5,6)7)23(16-22(19)31-17-20)34-28(37)40-29(2,3)4/h12-14,17,23-24,32H,11,15-16,18H2,1-10H3,(H,33,35)(H,34,37)/t23-,24+/m0/s1. The normalized spacial score (nSPS) is 17.1. The molecule has 42 heavy (non-hydrogen) atoms. The molecule has 1 amide bonds. The second-order valence-corrected chi connectivity index (χ2v) is 17.7. The number of methoxy groups -OCH3 is 1. The van der Waals surface area contributed by atoms with Gasteiger partial charge in [0.15, 0.2) is 14.1 Å². The van der Waals surface area contributed by atoms with Crippen LogP contribution in [0.5, 0.6) is 5.88 Å². The van der Waals surface area contributed by atoms with Gasteiger partial charge in [0.25, 0.3) is 0 Å². The molecule has 0 bridgehead atoms. The smallest absolute Gasteiger partial charge is 0.407 e. The summed E-state index contributed by atoms with van der Waals surface area (Å²) in [5, 5.41) is 9.45. The van der Waals surface area contributed by atoms with Crippen LogP contribution in [0, 0.1) is 0 Å². The highest BCUT2D eigenvalue weighted by Gasteiger charge is 2.43. The zero-order chi connectivity index (χ0) is 31.3. The molecule has 11 nitrogen and oxygen atoms in total. The third kappa shape index (κ3) is 9.06. The fourth-order valence-corrected chi connectivity index (χ4v) is 5.62. The van der Waals surface area contributed by atoms with E-state index < -0.39 is 20.0 Å². The highest BCUT2D eigenvalue weighted by atomic mass is 28.4. The highest BCUT2D eigenvalue weighted by molar-refractivity contribution is 6.74. The number of nitrogens with zero attached hydrogens (tertiary/aromatic N) is 2. The molecule has 3 N–H and O–H groups in total. The SMILES string of the molecule is CCOC(=O)CNc1ccc(OC)nc1Nc1cnc2c(c1)C[C@@H](O[Si](C)(C)C(C)(C)C)[C@@H](NC(=O)OC(C)(C)C)C2. The fourth-order valence-electron chi connectivity index (χ4n) is 4.26. The Labute approximate surface area is 250 Å². The third-order valence-electron chi connectivity index (χ3n) is 7.37. The Morgan fingerprint density at radius 2 is 1.81 bits per heavy atom. The first-order valence-corrected chi connectivity index (χ1v) is 17.3. The van der Waals surface area contributed by atoms with Gasteiger partial charge in [-0.05, 0) is 63.5 Å². The van der Waals surface area contributed by atoms with Crippen molar-refractivity contribution in [2.45, 2.75) is 97.2 Å². The molecular formula is C30H47N5O6Si. The van der Waals surface area contributed by atoms with Gasteiger partial charge in [0.1, 0.15) is 12.1 Å². The van der Waals surface area contributed by atoms with Gasteiger partial charge in [-0.1, -0.05) is 20.8 Å². The van der Waals surface area contributed by atoms with E-state index in [1.54, 1.807) is 32.4 Å². The molecule has 0 aromatic carbocycles. The molecule has 2 aromatic rings. The van der Waals surface area contributed by atoms with E-state index in [4.69, 9.17) is 23.6 Å². The van der Waals surface area contributed by atoms with Gasteiger partial charge in [-0.2, -0.15) is 4.98 Å². The van der Waals surface area contributed by atoms with Crippen LogP contribution in [0.15, 0.2) is 24.4 Å². The molecule has 2 aromatic heterocycles. The zero-order valence-corrected chi connectivity index (χ0v) is 27.6. The summed E-state index contributed by atoms with van der Waals surface area (Å²) >= 11 is 0. The van der Waals surface area contributed by atoms with E-state index in [1.807, 2.05) is 26.8 Å². The van der Waals surface area contributed by atoms with E-state index in [2.05, 4.69) is 54.8 Å². The van der Waals surface area contributed by atoms with Crippen LogP contribution in [0.2, 0.25) is 18.1 Å². The number of carbonyl (C=O) groups excluding carboxylic acids is 2. The van der Waals surface area contributed by atoms with E-state index >= 15 is 0 Å². The lowest BCUT2D eigenvalue weighted by Gasteiger charge is -2.43. The van der Waals surface area contributed by atoms with Gasteiger partial charge >= 0.3 is 12.1 Å². The first-order valence-electron chi connectivity index (χ1n) is 14.4. The summed E-state index contributed by atoms with van der Waals surface area (Å²) in [7, 11) is -0.624. The molecule has 2 atom stereocenters. The highest BCUT2D eigenvalue weighted by Crippen LogP contribution is 2.39. The number of fused-ring (bicyclic) bond motifs is 1. The predicted molar refractivity (Wildman–Crippen MR) is 166 cm³/mol. The van der Waals surface area contributed by atoms with Gasteiger partial charge < -0.3 is 34.6 Å². The number of alkyl carbamates (subject to hydrolysis) is 1. The van der Waals surface area contributed by atoms with Crippen molar-refractivity contribution in [3.05, 3.63) is 35.7 Å². The number of rotatable bonds is 10. The van der Waals surface area contributed by atoms with Crippen molar-refractivity contribution in [2.24, 2.45) is 0 Å². The van der Waals surface area contributed by atoms with Crippen molar-refractivity contribution < 1.29 is 28.2 Å². The number of amides is 1. The Balaban J connectivity index is 1.88. The maximum atomic E-state index is 12.8. The largest absolute Gasteiger partial charge is 0.481 e. The van der Waals surface area contributed by atoms with Crippen LogP contribution in [0.3, 0.4) is 0 Å². The maximum absolute atomic E-state index is 12.8. The number of hydrogen-bond donors (Lipinski definition) is 3. The van der Waals surface area contributed by atoms with Crippen LogP contribution >= 0.6 is 0 Å². The number of aromatic nitrogens is 2. The molecule has 1 aliphatic rings. The quantitative estimate of drug-likeness (QED) is 0.234. The Hall–Kier alpha value is -3.38. The minimum Gasteiger partial charge on any atom is -0.481 e. The zero-order valence-electron chi connectivity index (χ0n) is 26.6. The third-order valence-corrected chi connectivity index (χ3v) is 11.9. The molecule has 1 aliphatic carbocycles. The van der Waals surface area contributed by atoms with Crippen molar-refractivity contribution in [3.8, 4) is 5.88 Å². The van der Waals surface area contributed by atoms with Crippen LogP contribution in [0.1, 0.15) is 59.7 Å². The number of carbonyl (C=O) groups is 2. The van der Waals surface area contributed by atoms with E-state index in [-0.39, 0.29) is 29.7 Å². The van der Waals surface area contributed by atoms with Gasteiger partial charge in [-0.3, -0.25) is 9.78 Å². The summed E-state index contributed by atoms with van der Waals surface area (Å²) in [5.74, 6) is 0.538. The van der Waals surface area contributed by atoms with E-state index in [1.165, 1.54) is 0 Å². The van der Waals surface area contributed by atoms with Crippen molar-refractivity contribution >= 4 is 37.6 Å². The Bertz CT molecular complexity index is 1260. The molecule has 0 unspecified atom stereocenters. The van der Waals surface area contributed by atoms with Crippen molar-refractivity contribution in [1.29, 1.82) is 0 Å². The second-order valence-electron chi connectivity index (χ2n) is 12.9. The average Bonchev–Trinajstić information content (AvgIpc) is 2.86.